The molecular weight excluding hydrogens is 1400 g/mol. The van der Waals surface area contributed by atoms with Gasteiger partial charge in [0, 0.05) is 29.8 Å². The molecule has 0 bridgehead atoms. The predicted molar refractivity (Wildman–Crippen MR) is 470 cm³/mol. The van der Waals surface area contributed by atoms with Gasteiger partial charge in [0.2, 0.25) is 0 Å². The lowest BCUT2D eigenvalue weighted by molar-refractivity contribution is -0.144. The Morgan fingerprint density at radius 2 is 0.542 bits per heavy atom. The van der Waals surface area contributed by atoms with Crippen LogP contribution >= 0.6 is 37.9 Å². The van der Waals surface area contributed by atoms with Crippen molar-refractivity contribution in [3.63, 3.8) is 0 Å². The molecule has 0 aliphatic heterocycles. The highest BCUT2D eigenvalue weighted by Gasteiger charge is 2.26. The first kappa shape index (κ1) is 96.0. The van der Waals surface area contributed by atoms with Crippen molar-refractivity contribution in [3.8, 4) is 23.0 Å². The summed E-state index contributed by atoms with van der Waals surface area (Å²) < 4.78 is 38.8. The molecule has 4 aromatic rings. The van der Waals surface area contributed by atoms with Crippen molar-refractivity contribution in [1.82, 2.24) is 0 Å². The molecule has 12 heteroatoms. The van der Waals surface area contributed by atoms with Crippen molar-refractivity contribution < 1.29 is 37.2 Å². The number of benzene rings is 4. The Hall–Kier alpha value is -3.42. The van der Waals surface area contributed by atoms with E-state index in [2.05, 4.69) is 139 Å². The van der Waals surface area contributed by atoms with Crippen LogP contribution in [0.5, 0.6) is 23.0 Å². The number of unbranched alkanes of at least 4 members (excludes halogenated alkanes) is 48. The lowest BCUT2D eigenvalue weighted by atomic mass is 9.78. The van der Waals surface area contributed by atoms with E-state index in [0.717, 1.165) is 98.7 Å². The topological polar surface area (TPSA) is 89.5 Å². The highest BCUT2D eigenvalue weighted by molar-refractivity contribution is 8.53. The van der Waals surface area contributed by atoms with Gasteiger partial charge in [-0.05, 0) is 146 Å². The first-order chi connectivity index (χ1) is 52.7. The van der Waals surface area contributed by atoms with Crippen molar-refractivity contribution in [2.45, 2.75) is 419 Å². The number of carbonyl (C=O) groups excluding carboxylic acids is 2. The molecule has 0 aliphatic rings. The smallest absolute Gasteiger partial charge is 0.360 e. The minimum absolute atomic E-state index is 0.0103. The number of hydrogen-bond donors (Lipinski definition) is 0. The highest BCUT2D eigenvalue weighted by Crippen LogP contribution is 2.54. The zero-order valence-corrected chi connectivity index (χ0v) is 73.0. The molecule has 4 rings (SSSR count). The summed E-state index contributed by atoms with van der Waals surface area (Å²) in [5.41, 5.74) is 4.74. The summed E-state index contributed by atoms with van der Waals surface area (Å²) >= 11 is 3.68. The minimum atomic E-state index is -1.30. The van der Waals surface area contributed by atoms with Gasteiger partial charge in [0.1, 0.15) is 23.0 Å². The second-order valence-corrected chi connectivity index (χ2v) is 37.8. The first-order valence-electron chi connectivity index (χ1n) is 44.9. The Balaban J connectivity index is 1.28. The van der Waals surface area contributed by atoms with E-state index in [-0.39, 0.29) is 17.4 Å². The summed E-state index contributed by atoms with van der Waals surface area (Å²) in [6.45, 7) is 14.9. The highest BCUT2D eigenvalue weighted by atomic mass is 32.7. The van der Waals surface area contributed by atoms with Crippen LogP contribution in [0.3, 0.4) is 0 Å². The van der Waals surface area contributed by atoms with Crippen LogP contribution in [-0.4, -0.2) is 36.7 Å². The molecule has 0 fully saturated rings. The van der Waals surface area contributed by atoms with E-state index in [1.807, 2.05) is 22.8 Å². The quantitative estimate of drug-likeness (QED) is 0.0242. The molecule has 608 valence electrons. The van der Waals surface area contributed by atoms with E-state index < -0.39 is 15.2 Å². The molecule has 0 aliphatic carbocycles. The van der Waals surface area contributed by atoms with E-state index in [9.17, 15) is 9.59 Å². The molecule has 107 heavy (non-hydrogen) atoms. The summed E-state index contributed by atoms with van der Waals surface area (Å²) in [5.74, 6) is 5.58. The molecule has 8 nitrogen and oxygen atoms in total. The van der Waals surface area contributed by atoms with Crippen molar-refractivity contribution in [3.05, 3.63) is 119 Å². The maximum Gasteiger partial charge on any atom is 0.360 e. The molecule has 2 unspecified atom stereocenters. The molecular formula is C95H158O8P2S2. The average molecular weight is 1550 g/mol. The molecule has 0 radical (unpaired) electrons. The summed E-state index contributed by atoms with van der Waals surface area (Å²) in [6.07, 6.45) is 71.1. The van der Waals surface area contributed by atoms with Gasteiger partial charge in [-0.2, -0.15) is 0 Å². The van der Waals surface area contributed by atoms with Crippen LogP contribution in [-0.2, 0) is 37.3 Å². The van der Waals surface area contributed by atoms with Crippen molar-refractivity contribution >= 4 is 49.9 Å². The van der Waals surface area contributed by atoms with Crippen LogP contribution in [0.4, 0.5) is 0 Å². The lowest BCUT2D eigenvalue weighted by Gasteiger charge is -2.27. The fourth-order valence-electron chi connectivity index (χ4n) is 14.2. The molecule has 0 spiro atoms. The van der Waals surface area contributed by atoms with Crippen molar-refractivity contribution in [1.29, 1.82) is 0 Å². The van der Waals surface area contributed by atoms with E-state index in [4.69, 9.17) is 27.6 Å². The summed E-state index contributed by atoms with van der Waals surface area (Å²) in [7, 11) is -2.60. The Morgan fingerprint density at radius 3 is 0.841 bits per heavy atom. The number of hydrogen-bond acceptors (Lipinski definition) is 10. The summed E-state index contributed by atoms with van der Waals surface area (Å²) in [6, 6.07) is 34.9. The van der Waals surface area contributed by atoms with Gasteiger partial charge in [0.15, 0.2) is 0 Å². The normalized spacial score (nSPS) is 12.2. The van der Waals surface area contributed by atoms with Gasteiger partial charge in [-0.3, -0.25) is 9.59 Å². The van der Waals surface area contributed by atoms with E-state index >= 15 is 0 Å². The number of esters is 2. The van der Waals surface area contributed by atoms with Crippen LogP contribution in [0.1, 0.15) is 423 Å². The first-order valence-corrected chi connectivity index (χ1v) is 50.5. The zero-order valence-electron chi connectivity index (χ0n) is 69.6. The minimum Gasteiger partial charge on any atom is -0.466 e. The molecule has 4 aromatic carbocycles. The third-order valence-electron chi connectivity index (χ3n) is 21.4. The van der Waals surface area contributed by atoms with Gasteiger partial charge in [-0.15, -0.1) is 0 Å². The van der Waals surface area contributed by atoms with E-state index in [0.29, 0.717) is 26.1 Å². The molecule has 0 saturated carbocycles. The lowest BCUT2D eigenvalue weighted by Crippen LogP contribution is -2.18. The van der Waals surface area contributed by atoms with Crippen molar-refractivity contribution in [2.75, 3.05) is 24.7 Å². The van der Waals surface area contributed by atoms with Crippen LogP contribution in [0.2, 0.25) is 0 Å². The van der Waals surface area contributed by atoms with E-state index in [1.54, 1.807) is 0 Å². The largest absolute Gasteiger partial charge is 0.466 e. The Labute approximate surface area is 669 Å². The fourth-order valence-corrected chi connectivity index (χ4v) is 20.0. The van der Waals surface area contributed by atoms with Gasteiger partial charge >= 0.3 is 27.1 Å². The average Bonchev–Trinajstić information content (AvgIpc) is 0.801. The zero-order chi connectivity index (χ0) is 76.2. The van der Waals surface area contributed by atoms with Gasteiger partial charge in [0.25, 0.3) is 0 Å². The maximum atomic E-state index is 12.3. The third kappa shape index (κ3) is 51.0. The van der Waals surface area contributed by atoms with Gasteiger partial charge < -0.3 is 27.6 Å². The Kier molecular flexibility index (Phi) is 61.2. The predicted octanol–water partition coefficient (Wildman–Crippen LogP) is 32.9. The van der Waals surface area contributed by atoms with E-state index in [1.165, 1.54) is 318 Å². The molecule has 0 N–H and O–H groups in total. The number of rotatable bonds is 76. The number of para-hydroxylation sites is 2. The van der Waals surface area contributed by atoms with Gasteiger partial charge in [-0.25, -0.2) is 0 Å². The molecule has 0 heterocycles. The Bertz CT molecular complexity index is 2490. The molecule has 0 amide bonds. The van der Waals surface area contributed by atoms with Crippen molar-refractivity contribution in [2.24, 2.45) is 0 Å². The monoisotopic (exact) mass is 1550 g/mol. The number of aryl methyl sites for hydroxylation is 2. The molecule has 0 aromatic heterocycles. The summed E-state index contributed by atoms with van der Waals surface area (Å²) in [5, 5.41) is 0. The van der Waals surface area contributed by atoms with Crippen LogP contribution in [0.25, 0.3) is 0 Å². The van der Waals surface area contributed by atoms with Gasteiger partial charge in [0.05, 0.1) is 13.2 Å². The number of carbonyl (C=O) groups is 2. The Morgan fingerprint density at radius 1 is 0.290 bits per heavy atom. The second kappa shape index (κ2) is 68.2. The standard InChI is InChI=1S/C95H158O8P2S2/c1-7-11-15-19-23-29-37-45-53-65-85-67-57-59-69-91(85)102-104(106-83-63-51-43-35-27-31-39-47-55-71-93(96)98-81-61-49-41-33-25-21-17-13-9-3)100-89-77-73-87(74-78-89)95(5,6)88-75-79-90(80-76-88)101-105(103-92-70-60-58-68-86(92)66-54-46-38-30-24-20-16-12-8-2)107-84-64-52-44-36-28-32-40-48-56-72-94(97)99-82-62-50-42-34-26-22-18-14-10-4/h57-60,67-70,73-80H,7-56,61-66,71-72,81-84H2,1-6H3. The van der Waals surface area contributed by atoms with Crippen LogP contribution in [0, 0.1) is 0 Å². The molecule has 0 saturated heterocycles. The summed E-state index contributed by atoms with van der Waals surface area (Å²) in [4.78, 5) is 24.6. The van der Waals surface area contributed by atoms with Crippen LogP contribution in [0.15, 0.2) is 97.1 Å². The van der Waals surface area contributed by atoms with Crippen LogP contribution < -0.4 is 18.1 Å². The maximum absolute atomic E-state index is 12.3. The SMILES string of the molecule is CCCCCCCCCCCOC(=O)CCCCCCCCCCCSP(Oc1ccc(C(C)(C)c2ccc(OP(Oc3ccccc3CCCCCCCCCCC)SCCCCCCCCCCCC(=O)OCCCCCCCCCCC)cc2)cc1)Oc1ccccc1CCCCCCCCCCC. The fraction of sp³-hybridized carbons (Fsp3) is 0.726. The number of ether oxygens (including phenoxy) is 2. The van der Waals surface area contributed by atoms with Gasteiger partial charge in [-0.1, -0.05) is 398 Å². The third-order valence-corrected chi connectivity index (χ3v) is 27.4. The second-order valence-electron chi connectivity index (χ2n) is 31.5. The molecule has 2 atom stereocenters.